The fourth-order valence-corrected chi connectivity index (χ4v) is 3.85. The zero-order chi connectivity index (χ0) is 14.4. The first-order valence-electron chi connectivity index (χ1n) is 7.78. The molecule has 2 aliphatic carbocycles. The molecule has 0 aliphatic heterocycles. The molecule has 0 saturated heterocycles. The minimum absolute atomic E-state index is 1.09. The Morgan fingerprint density at radius 2 is 1.10 bits per heavy atom. The Hall–Kier alpha value is -2.08. The normalized spacial score (nSPS) is 16.5. The highest BCUT2D eigenvalue weighted by Gasteiger charge is 2.23. The molecule has 0 heteroatoms. The Kier molecular flexibility index (Phi) is 2.85. The third-order valence-corrected chi connectivity index (χ3v) is 4.98. The summed E-state index contributed by atoms with van der Waals surface area (Å²) in [6.07, 6.45) is 3.34. The van der Waals surface area contributed by atoms with Gasteiger partial charge in [0.1, 0.15) is 0 Å². The van der Waals surface area contributed by atoms with E-state index in [2.05, 4.69) is 62.4 Å². The van der Waals surface area contributed by atoms with Crippen LogP contribution < -0.4 is 0 Å². The Morgan fingerprint density at radius 1 is 0.667 bits per heavy atom. The molecule has 0 nitrogen and oxygen atoms in total. The van der Waals surface area contributed by atoms with Crippen LogP contribution in [-0.4, -0.2) is 0 Å². The van der Waals surface area contributed by atoms with Crippen LogP contribution in [0.2, 0.25) is 0 Å². The number of hydrogen-bond acceptors (Lipinski definition) is 0. The molecule has 0 bridgehead atoms. The third-order valence-electron chi connectivity index (χ3n) is 4.98. The van der Waals surface area contributed by atoms with Crippen molar-refractivity contribution in [3.63, 3.8) is 0 Å². The Morgan fingerprint density at radius 3 is 1.57 bits per heavy atom. The van der Waals surface area contributed by atoms with Gasteiger partial charge in [-0.2, -0.15) is 0 Å². The lowest BCUT2D eigenvalue weighted by atomic mass is 9.93. The molecule has 2 aromatic rings. The summed E-state index contributed by atoms with van der Waals surface area (Å²) >= 11 is 0. The molecular weight excluding hydrogens is 252 g/mol. The van der Waals surface area contributed by atoms with Crippen molar-refractivity contribution in [3.8, 4) is 0 Å². The van der Waals surface area contributed by atoms with Gasteiger partial charge in [-0.15, -0.1) is 0 Å². The van der Waals surface area contributed by atoms with Crippen molar-refractivity contribution < 1.29 is 0 Å². The van der Waals surface area contributed by atoms with Gasteiger partial charge in [-0.25, -0.2) is 0 Å². The Balaban J connectivity index is 1.75. The number of hydrogen-bond donors (Lipinski definition) is 0. The van der Waals surface area contributed by atoms with Gasteiger partial charge in [-0.1, -0.05) is 59.7 Å². The van der Waals surface area contributed by atoms with Crippen molar-refractivity contribution >= 4 is 11.1 Å². The number of fused-ring (bicyclic) bond motifs is 2. The molecule has 0 saturated carbocycles. The Bertz CT molecular complexity index is 720. The first-order chi connectivity index (χ1) is 10.2. The maximum absolute atomic E-state index is 2.30. The maximum atomic E-state index is 2.30. The quantitative estimate of drug-likeness (QED) is 0.683. The van der Waals surface area contributed by atoms with Gasteiger partial charge in [0, 0.05) is 0 Å². The molecule has 0 fully saturated rings. The molecule has 0 spiro atoms. The van der Waals surface area contributed by atoms with Crippen LogP contribution in [-0.2, 0) is 12.8 Å². The van der Waals surface area contributed by atoms with Crippen LogP contribution >= 0.6 is 0 Å². The van der Waals surface area contributed by atoms with Gasteiger partial charge in [0.25, 0.3) is 0 Å². The van der Waals surface area contributed by atoms with Gasteiger partial charge in [0.2, 0.25) is 0 Å². The van der Waals surface area contributed by atoms with Gasteiger partial charge in [0.15, 0.2) is 0 Å². The molecule has 2 aromatic carbocycles. The summed E-state index contributed by atoms with van der Waals surface area (Å²) in [6.45, 7) is 4.60. The van der Waals surface area contributed by atoms with Crippen LogP contribution in [0, 0.1) is 0 Å². The molecule has 4 rings (SSSR count). The standard InChI is InChI=1S/C21H20/c1-14-11-16-7-3-5-9-18(16)20(14)13-21-15(2)12-17-8-4-6-10-19(17)21/h3-10H,11-13H2,1-2H3. The van der Waals surface area contributed by atoms with E-state index in [4.69, 9.17) is 0 Å². The van der Waals surface area contributed by atoms with Crippen molar-refractivity contribution in [3.05, 3.63) is 81.9 Å². The molecule has 104 valence electrons. The SMILES string of the molecule is CC1=C(CC2=C(C)Cc3ccccc32)c2ccccc2C1. The van der Waals surface area contributed by atoms with E-state index >= 15 is 0 Å². The lowest BCUT2D eigenvalue weighted by Gasteiger charge is -2.11. The number of allylic oxidation sites excluding steroid dienone is 4. The second-order valence-corrected chi connectivity index (χ2v) is 6.36. The molecule has 0 atom stereocenters. The molecule has 0 aromatic heterocycles. The fourth-order valence-electron chi connectivity index (χ4n) is 3.85. The van der Waals surface area contributed by atoms with E-state index in [-0.39, 0.29) is 0 Å². The van der Waals surface area contributed by atoms with E-state index in [9.17, 15) is 0 Å². The van der Waals surface area contributed by atoms with E-state index in [1.54, 1.807) is 22.3 Å². The third kappa shape index (κ3) is 1.98. The van der Waals surface area contributed by atoms with Crippen molar-refractivity contribution in [1.29, 1.82) is 0 Å². The average molecular weight is 272 g/mol. The highest BCUT2D eigenvalue weighted by Crippen LogP contribution is 2.43. The van der Waals surface area contributed by atoms with Crippen LogP contribution in [0.1, 0.15) is 42.5 Å². The summed E-state index contributed by atoms with van der Waals surface area (Å²) in [6, 6.07) is 17.8. The first kappa shape index (κ1) is 12.6. The van der Waals surface area contributed by atoms with Crippen molar-refractivity contribution in [2.24, 2.45) is 0 Å². The highest BCUT2D eigenvalue weighted by molar-refractivity contribution is 5.88. The van der Waals surface area contributed by atoms with Gasteiger partial charge >= 0.3 is 0 Å². The minimum atomic E-state index is 1.09. The summed E-state index contributed by atoms with van der Waals surface area (Å²) in [5.41, 5.74) is 12.1. The summed E-state index contributed by atoms with van der Waals surface area (Å²) in [5, 5.41) is 0. The Labute approximate surface area is 126 Å². The van der Waals surface area contributed by atoms with Crippen molar-refractivity contribution in [2.45, 2.75) is 33.1 Å². The molecular formula is C21H20. The largest absolute Gasteiger partial charge is 0.0648 e. The predicted octanol–water partition coefficient (Wildman–Crippen LogP) is 5.44. The van der Waals surface area contributed by atoms with Crippen LogP contribution in [0.3, 0.4) is 0 Å². The van der Waals surface area contributed by atoms with Gasteiger partial charge in [-0.05, 0) is 66.5 Å². The topological polar surface area (TPSA) is 0 Å². The van der Waals surface area contributed by atoms with Gasteiger partial charge in [0.05, 0.1) is 0 Å². The average Bonchev–Trinajstić information content (AvgIpc) is 2.97. The van der Waals surface area contributed by atoms with E-state index < -0.39 is 0 Å². The van der Waals surface area contributed by atoms with Gasteiger partial charge in [-0.3, -0.25) is 0 Å². The summed E-state index contributed by atoms with van der Waals surface area (Å²) in [4.78, 5) is 0. The van der Waals surface area contributed by atoms with Crippen LogP contribution in [0.15, 0.2) is 59.7 Å². The number of rotatable bonds is 2. The predicted molar refractivity (Wildman–Crippen MR) is 90.1 cm³/mol. The zero-order valence-electron chi connectivity index (χ0n) is 12.7. The molecule has 0 heterocycles. The molecule has 2 aliphatic rings. The minimum Gasteiger partial charge on any atom is -0.0648 e. The zero-order valence-corrected chi connectivity index (χ0v) is 12.7. The van der Waals surface area contributed by atoms with E-state index in [0.717, 1.165) is 19.3 Å². The molecule has 0 unspecified atom stereocenters. The molecule has 0 amide bonds. The van der Waals surface area contributed by atoms with Crippen LogP contribution in [0.4, 0.5) is 0 Å². The second kappa shape index (κ2) is 4.73. The van der Waals surface area contributed by atoms with Crippen LogP contribution in [0.25, 0.3) is 11.1 Å². The molecule has 0 radical (unpaired) electrons. The van der Waals surface area contributed by atoms with Crippen molar-refractivity contribution in [1.82, 2.24) is 0 Å². The monoisotopic (exact) mass is 272 g/mol. The summed E-state index contributed by atoms with van der Waals surface area (Å²) in [5.74, 6) is 0. The van der Waals surface area contributed by atoms with E-state index in [0.29, 0.717) is 0 Å². The van der Waals surface area contributed by atoms with Crippen LogP contribution in [0.5, 0.6) is 0 Å². The molecule has 0 N–H and O–H groups in total. The van der Waals surface area contributed by atoms with Crippen molar-refractivity contribution in [2.75, 3.05) is 0 Å². The van der Waals surface area contributed by atoms with E-state index in [1.165, 1.54) is 22.3 Å². The molecule has 21 heavy (non-hydrogen) atoms. The van der Waals surface area contributed by atoms with Gasteiger partial charge < -0.3 is 0 Å². The highest BCUT2D eigenvalue weighted by atomic mass is 14.3. The summed E-state index contributed by atoms with van der Waals surface area (Å²) < 4.78 is 0. The smallest absolute Gasteiger partial charge is 0.00146 e. The lowest BCUT2D eigenvalue weighted by molar-refractivity contribution is 1.18. The fraction of sp³-hybridized carbons (Fsp3) is 0.238. The second-order valence-electron chi connectivity index (χ2n) is 6.36. The number of benzene rings is 2. The maximum Gasteiger partial charge on any atom is -0.00146 e. The van der Waals surface area contributed by atoms with E-state index in [1.807, 2.05) is 0 Å². The first-order valence-corrected chi connectivity index (χ1v) is 7.78. The summed E-state index contributed by atoms with van der Waals surface area (Å²) in [7, 11) is 0. The lowest BCUT2D eigenvalue weighted by Crippen LogP contribution is -1.89.